The molecule has 3 aromatic rings. The standard InChI is InChI=1S/C20H17F2N3O4S2/c21-16-5-4-13(11-17(16)22)18-12-30-20(23-18)24-19(26)14-2-1-3-15(10-14)31(27,28)25-6-8-29-9-7-25/h1-5,10-12H,6-9H2,(H,23,24,26). The van der Waals surface area contributed by atoms with Gasteiger partial charge in [-0.15, -0.1) is 11.3 Å². The molecule has 1 aliphatic rings. The molecular formula is C20H17F2N3O4S2. The first-order valence-corrected chi connectivity index (χ1v) is 11.6. The summed E-state index contributed by atoms with van der Waals surface area (Å²) in [5, 5.41) is 4.45. The van der Waals surface area contributed by atoms with Crippen LogP contribution in [0.15, 0.2) is 52.7 Å². The lowest BCUT2D eigenvalue weighted by Crippen LogP contribution is -2.40. The number of morpholine rings is 1. The molecule has 0 aliphatic carbocycles. The van der Waals surface area contributed by atoms with Crippen molar-refractivity contribution in [3.8, 4) is 11.3 Å². The lowest BCUT2D eigenvalue weighted by atomic mass is 10.2. The van der Waals surface area contributed by atoms with Gasteiger partial charge in [-0.05, 0) is 36.4 Å². The molecule has 31 heavy (non-hydrogen) atoms. The number of ether oxygens (including phenoxy) is 1. The largest absolute Gasteiger partial charge is 0.379 e. The van der Waals surface area contributed by atoms with Gasteiger partial charge in [0.2, 0.25) is 10.0 Å². The molecule has 162 valence electrons. The molecule has 1 N–H and O–H groups in total. The van der Waals surface area contributed by atoms with E-state index in [1.807, 2.05) is 0 Å². The topological polar surface area (TPSA) is 88.6 Å². The van der Waals surface area contributed by atoms with Crippen molar-refractivity contribution in [2.75, 3.05) is 31.6 Å². The number of hydrogen-bond donors (Lipinski definition) is 1. The first-order valence-electron chi connectivity index (χ1n) is 9.25. The van der Waals surface area contributed by atoms with Gasteiger partial charge in [0.25, 0.3) is 5.91 Å². The number of amides is 1. The monoisotopic (exact) mass is 465 g/mol. The number of sulfonamides is 1. The number of hydrogen-bond acceptors (Lipinski definition) is 6. The van der Waals surface area contributed by atoms with Crippen LogP contribution in [0.1, 0.15) is 10.4 Å². The van der Waals surface area contributed by atoms with E-state index in [0.29, 0.717) is 24.5 Å². The molecular weight excluding hydrogens is 448 g/mol. The van der Waals surface area contributed by atoms with Crippen LogP contribution in [0.3, 0.4) is 0 Å². The second-order valence-electron chi connectivity index (χ2n) is 6.67. The predicted molar refractivity (Wildman–Crippen MR) is 111 cm³/mol. The molecule has 1 saturated heterocycles. The fraction of sp³-hybridized carbons (Fsp3) is 0.200. The molecule has 0 saturated carbocycles. The molecule has 1 fully saturated rings. The summed E-state index contributed by atoms with van der Waals surface area (Å²) in [6, 6.07) is 9.15. The van der Waals surface area contributed by atoms with Gasteiger partial charge in [-0.25, -0.2) is 22.2 Å². The maximum absolute atomic E-state index is 13.4. The second-order valence-corrected chi connectivity index (χ2v) is 9.46. The predicted octanol–water partition coefficient (Wildman–Crippen LogP) is 3.36. The van der Waals surface area contributed by atoms with E-state index >= 15 is 0 Å². The first-order chi connectivity index (χ1) is 14.8. The van der Waals surface area contributed by atoms with Gasteiger partial charge in [0.15, 0.2) is 16.8 Å². The Balaban J connectivity index is 1.51. The number of thiazole rings is 1. The fourth-order valence-electron chi connectivity index (χ4n) is 3.02. The lowest BCUT2D eigenvalue weighted by Gasteiger charge is -2.26. The van der Waals surface area contributed by atoms with Gasteiger partial charge in [-0.3, -0.25) is 10.1 Å². The Morgan fingerprint density at radius 3 is 2.61 bits per heavy atom. The normalized spacial score (nSPS) is 15.0. The third-order valence-corrected chi connectivity index (χ3v) is 7.30. The minimum atomic E-state index is -3.74. The van der Waals surface area contributed by atoms with Crippen molar-refractivity contribution in [2.45, 2.75) is 4.90 Å². The molecule has 1 aromatic heterocycles. The molecule has 0 atom stereocenters. The molecule has 0 unspecified atom stereocenters. The van der Waals surface area contributed by atoms with E-state index in [9.17, 15) is 22.0 Å². The molecule has 0 spiro atoms. The van der Waals surface area contributed by atoms with Gasteiger partial charge in [-0.1, -0.05) is 6.07 Å². The summed E-state index contributed by atoms with van der Waals surface area (Å²) in [4.78, 5) is 16.9. The summed E-state index contributed by atoms with van der Waals surface area (Å²) in [7, 11) is -3.74. The molecule has 7 nitrogen and oxygen atoms in total. The van der Waals surface area contributed by atoms with E-state index in [4.69, 9.17) is 4.74 Å². The second kappa shape index (κ2) is 8.79. The molecule has 11 heteroatoms. The van der Waals surface area contributed by atoms with E-state index in [0.717, 1.165) is 23.5 Å². The van der Waals surface area contributed by atoms with Gasteiger partial charge in [0.1, 0.15) is 0 Å². The van der Waals surface area contributed by atoms with Gasteiger partial charge in [-0.2, -0.15) is 4.31 Å². The summed E-state index contributed by atoms with van der Waals surface area (Å²) in [6.45, 7) is 1.16. The molecule has 1 aliphatic heterocycles. The van der Waals surface area contributed by atoms with Crippen molar-refractivity contribution < 1.29 is 26.7 Å². The number of carbonyl (C=O) groups excluding carboxylic acids is 1. The number of nitrogens with zero attached hydrogens (tertiary/aromatic N) is 2. The summed E-state index contributed by atoms with van der Waals surface area (Å²) in [5.41, 5.74) is 0.899. The van der Waals surface area contributed by atoms with Crippen molar-refractivity contribution in [1.29, 1.82) is 0 Å². The van der Waals surface area contributed by atoms with E-state index in [2.05, 4.69) is 10.3 Å². The Bertz CT molecular complexity index is 1220. The summed E-state index contributed by atoms with van der Waals surface area (Å²) in [5.74, 6) is -2.49. The Morgan fingerprint density at radius 1 is 1.10 bits per heavy atom. The van der Waals surface area contributed by atoms with Crippen molar-refractivity contribution in [3.05, 3.63) is 65.0 Å². The lowest BCUT2D eigenvalue weighted by molar-refractivity contribution is 0.0730. The van der Waals surface area contributed by atoms with E-state index < -0.39 is 27.6 Å². The number of anilines is 1. The van der Waals surface area contributed by atoms with Crippen LogP contribution in [0.5, 0.6) is 0 Å². The average Bonchev–Trinajstić information content (AvgIpc) is 3.25. The number of carbonyl (C=O) groups is 1. The molecule has 0 bridgehead atoms. The van der Waals surface area contributed by atoms with Crippen molar-refractivity contribution >= 4 is 32.4 Å². The number of benzene rings is 2. The maximum atomic E-state index is 13.4. The third-order valence-electron chi connectivity index (χ3n) is 4.64. The van der Waals surface area contributed by atoms with Crippen LogP contribution in [-0.2, 0) is 14.8 Å². The molecule has 2 heterocycles. The number of nitrogens with one attached hydrogen (secondary N) is 1. The molecule has 1 amide bonds. The van der Waals surface area contributed by atoms with Crippen LogP contribution in [0, 0.1) is 11.6 Å². The van der Waals surface area contributed by atoms with Crippen LogP contribution >= 0.6 is 11.3 Å². The molecule has 0 radical (unpaired) electrons. The zero-order valence-electron chi connectivity index (χ0n) is 16.0. The first kappa shape index (κ1) is 21.5. The average molecular weight is 466 g/mol. The summed E-state index contributed by atoms with van der Waals surface area (Å²) >= 11 is 1.11. The minimum absolute atomic E-state index is 0.0173. The van der Waals surface area contributed by atoms with E-state index in [-0.39, 0.29) is 28.7 Å². The van der Waals surface area contributed by atoms with Crippen LogP contribution < -0.4 is 5.32 Å². The number of aromatic nitrogens is 1. The third kappa shape index (κ3) is 4.64. The van der Waals surface area contributed by atoms with Crippen LogP contribution in [0.2, 0.25) is 0 Å². The Labute approximate surface area is 181 Å². The SMILES string of the molecule is O=C(Nc1nc(-c2ccc(F)c(F)c2)cs1)c1cccc(S(=O)(=O)N2CCOCC2)c1. The van der Waals surface area contributed by atoms with Crippen LogP contribution in [-0.4, -0.2) is 49.9 Å². The zero-order valence-corrected chi connectivity index (χ0v) is 17.7. The minimum Gasteiger partial charge on any atom is -0.379 e. The van der Waals surface area contributed by atoms with Crippen molar-refractivity contribution in [3.63, 3.8) is 0 Å². The Kier molecular flexibility index (Phi) is 6.10. The van der Waals surface area contributed by atoms with Gasteiger partial charge in [0, 0.05) is 29.6 Å². The highest BCUT2D eigenvalue weighted by atomic mass is 32.2. The van der Waals surface area contributed by atoms with E-state index in [1.54, 1.807) is 5.38 Å². The highest BCUT2D eigenvalue weighted by Gasteiger charge is 2.27. The quantitative estimate of drug-likeness (QED) is 0.624. The highest BCUT2D eigenvalue weighted by molar-refractivity contribution is 7.89. The zero-order chi connectivity index (χ0) is 22.0. The van der Waals surface area contributed by atoms with Crippen molar-refractivity contribution in [2.24, 2.45) is 0 Å². The number of rotatable bonds is 5. The Hall–Kier alpha value is -2.73. The van der Waals surface area contributed by atoms with Gasteiger partial charge in [0.05, 0.1) is 23.8 Å². The van der Waals surface area contributed by atoms with Gasteiger partial charge < -0.3 is 4.74 Å². The fourth-order valence-corrected chi connectivity index (χ4v) is 5.19. The molecule has 4 rings (SSSR count). The van der Waals surface area contributed by atoms with Crippen LogP contribution in [0.25, 0.3) is 11.3 Å². The summed E-state index contributed by atoms with van der Waals surface area (Å²) < 4.78 is 58.7. The van der Waals surface area contributed by atoms with Crippen LogP contribution in [0.4, 0.5) is 13.9 Å². The summed E-state index contributed by atoms with van der Waals surface area (Å²) in [6.07, 6.45) is 0. The molecule has 2 aromatic carbocycles. The highest BCUT2D eigenvalue weighted by Crippen LogP contribution is 2.27. The number of halogens is 2. The van der Waals surface area contributed by atoms with Gasteiger partial charge >= 0.3 is 0 Å². The Morgan fingerprint density at radius 2 is 1.87 bits per heavy atom. The maximum Gasteiger partial charge on any atom is 0.257 e. The van der Waals surface area contributed by atoms with E-state index in [1.165, 1.54) is 34.6 Å². The smallest absolute Gasteiger partial charge is 0.257 e. The van der Waals surface area contributed by atoms with Crippen molar-refractivity contribution in [1.82, 2.24) is 9.29 Å².